The van der Waals surface area contributed by atoms with Crippen LogP contribution in [0.25, 0.3) is 0 Å². The molecule has 0 aliphatic rings. The fraction of sp³-hybridized carbons (Fsp3) is 0.350. The van der Waals surface area contributed by atoms with Crippen LogP contribution in [0.4, 0.5) is 5.69 Å². The molecule has 2 heterocycles. The number of nitrogens with one attached hydrogen (secondary N) is 1. The van der Waals surface area contributed by atoms with Crippen molar-refractivity contribution >= 4 is 11.6 Å². The molecule has 0 saturated heterocycles. The Morgan fingerprint density at radius 3 is 2.81 bits per heavy atom. The molecule has 2 aromatic heterocycles. The van der Waals surface area contributed by atoms with Crippen molar-refractivity contribution in [2.45, 2.75) is 33.2 Å². The third-order valence-electron chi connectivity index (χ3n) is 4.53. The summed E-state index contributed by atoms with van der Waals surface area (Å²) < 4.78 is 9.41. The SMILES string of the molecule is Cc1nn(C)c(C)c1CCC(=O)Nc1cccc(OCCn2cccn2)c1. The first-order chi connectivity index (χ1) is 13.0. The highest BCUT2D eigenvalue weighted by molar-refractivity contribution is 5.91. The molecule has 0 atom stereocenters. The van der Waals surface area contributed by atoms with Gasteiger partial charge in [0.1, 0.15) is 12.4 Å². The lowest BCUT2D eigenvalue weighted by atomic mass is 10.1. The van der Waals surface area contributed by atoms with E-state index < -0.39 is 0 Å². The molecule has 0 bridgehead atoms. The molecule has 1 aromatic carbocycles. The van der Waals surface area contributed by atoms with Crippen molar-refractivity contribution in [1.29, 1.82) is 0 Å². The summed E-state index contributed by atoms with van der Waals surface area (Å²) >= 11 is 0. The maximum atomic E-state index is 12.3. The number of aryl methyl sites for hydroxylation is 2. The first-order valence-corrected chi connectivity index (χ1v) is 9.02. The number of carbonyl (C=O) groups excluding carboxylic acids is 1. The number of rotatable bonds is 8. The molecule has 0 aliphatic carbocycles. The normalized spacial score (nSPS) is 10.8. The third-order valence-corrected chi connectivity index (χ3v) is 4.53. The molecule has 1 N–H and O–H groups in total. The summed E-state index contributed by atoms with van der Waals surface area (Å²) in [5, 5.41) is 11.5. The van der Waals surface area contributed by atoms with Crippen LogP contribution in [0, 0.1) is 13.8 Å². The predicted octanol–water partition coefficient (Wildman–Crippen LogP) is 2.88. The molecule has 1 amide bonds. The van der Waals surface area contributed by atoms with Gasteiger partial charge in [-0.2, -0.15) is 10.2 Å². The minimum atomic E-state index is -0.0219. The Balaban J connectivity index is 1.50. The van der Waals surface area contributed by atoms with Gasteiger partial charge >= 0.3 is 0 Å². The number of ether oxygens (including phenoxy) is 1. The van der Waals surface area contributed by atoms with Gasteiger partial charge in [-0.15, -0.1) is 0 Å². The Morgan fingerprint density at radius 2 is 2.11 bits per heavy atom. The van der Waals surface area contributed by atoms with E-state index in [1.807, 2.05) is 66.8 Å². The molecule has 142 valence electrons. The average Bonchev–Trinajstić information content (AvgIpc) is 3.23. The number of nitrogens with zero attached hydrogens (tertiary/aromatic N) is 4. The highest BCUT2D eigenvalue weighted by Gasteiger charge is 2.11. The van der Waals surface area contributed by atoms with E-state index in [1.54, 1.807) is 6.20 Å². The lowest BCUT2D eigenvalue weighted by molar-refractivity contribution is -0.116. The van der Waals surface area contributed by atoms with Gasteiger partial charge in [0.25, 0.3) is 0 Å². The fourth-order valence-corrected chi connectivity index (χ4v) is 2.99. The molecule has 27 heavy (non-hydrogen) atoms. The average molecular weight is 367 g/mol. The molecule has 3 rings (SSSR count). The van der Waals surface area contributed by atoms with E-state index in [0.717, 1.165) is 28.4 Å². The summed E-state index contributed by atoms with van der Waals surface area (Å²) in [6.07, 6.45) is 4.73. The second kappa shape index (κ2) is 8.53. The molecule has 3 aromatic rings. The zero-order chi connectivity index (χ0) is 19.2. The van der Waals surface area contributed by atoms with Crippen LogP contribution in [0.2, 0.25) is 0 Å². The van der Waals surface area contributed by atoms with Gasteiger partial charge < -0.3 is 10.1 Å². The monoisotopic (exact) mass is 367 g/mol. The smallest absolute Gasteiger partial charge is 0.224 e. The van der Waals surface area contributed by atoms with E-state index in [0.29, 0.717) is 26.0 Å². The first-order valence-electron chi connectivity index (χ1n) is 9.02. The molecule has 0 aliphatic heterocycles. The number of benzene rings is 1. The lowest BCUT2D eigenvalue weighted by Gasteiger charge is -2.09. The Kier molecular flexibility index (Phi) is 5.90. The van der Waals surface area contributed by atoms with Crippen LogP contribution in [-0.4, -0.2) is 32.1 Å². The van der Waals surface area contributed by atoms with Crippen LogP contribution in [0.5, 0.6) is 5.75 Å². The highest BCUT2D eigenvalue weighted by Crippen LogP contribution is 2.19. The van der Waals surface area contributed by atoms with Gasteiger partial charge in [0.2, 0.25) is 5.91 Å². The summed E-state index contributed by atoms with van der Waals surface area (Å²) in [7, 11) is 1.92. The lowest BCUT2D eigenvalue weighted by Crippen LogP contribution is -2.13. The largest absolute Gasteiger partial charge is 0.492 e. The van der Waals surface area contributed by atoms with Gasteiger partial charge in [0, 0.05) is 43.3 Å². The van der Waals surface area contributed by atoms with Crippen LogP contribution in [0.3, 0.4) is 0 Å². The van der Waals surface area contributed by atoms with E-state index in [4.69, 9.17) is 4.74 Å². The standard InChI is InChI=1S/C20H25N5O2/c1-15-19(16(2)24(3)23-15)8-9-20(26)22-17-6-4-7-18(14-17)27-13-12-25-11-5-10-21-25/h4-7,10-11,14H,8-9,12-13H2,1-3H3,(H,22,26). The second-order valence-corrected chi connectivity index (χ2v) is 6.47. The zero-order valence-corrected chi connectivity index (χ0v) is 16.0. The number of hydrogen-bond donors (Lipinski definition) is 1. The minimum absolute atomic E-state index is 0.0219. The van der Waals surface area contributed by atoms with Gasteiger partial charge in [0.15, 0.2) is 0 Å². The van der Waals surface area contributed by atoms with Crippen molar-refractivity contribution in [3.63, 3.8) is 0 Å². The summed E-state index contributed by atoms with van der Waals surface area (Å²) in [6, 6.07) is 9.32. The van der Waals surface area contributed by atoms with Gasteiger partial charge in [-0.05, 0) is 44.0 Å². The topological polar surface area (TPSA) is 74.0 Å². The Labute approximate surface area is 159 Å². The molecule has 0 saturated carbocycles. The molecule has 7 nitrogen and oxygen atoms in total. The Morgan fingerprint density at radius 1 is 1.26 bits per heavy atom. The summed E-state index contributed by atoms with van der Waals surface area (Å²) in [6.45, 7) is 5.19. The zero-order valence-electron chi connectivity index (χ0n) is 16.0. The van der Waals surface area contributed by atoms with Crippen molar-refractivity contribution in [3.05, 3.63) is 59.7 Å². The van der Waals surface area contributed by atoms with E-state index in [2.05, 4.69) is 15.5 Å². The van der Waals surface area contributed by atoms with E-state index in [9.17, 15) is 4.79 Å². The van der Waals surface area contributed by atoms with Gasteiger partial charge in [0.05, 0.1) is 12.2 Å². The maximum absolute atomic E-state index is 12.3. The van der Waals surface area contributed by atoms with Crippen molar-refractivity contribution in [2.75, 3.05) is 11.9 Å². The number of hydrogen-bond acceptors (Lipinski definition) is 4. The number of aromatic nitrogens is 4. The molecule has 7 heteroatoms. The van der Waals surface area contributed by atoms with E-state index in [1.165, 1.54) is 0 Å². The molecular formula is C20H25N5O2. The molecule has 0 radical (unpaired) electrons. The Hall–Kier alpha value is -3.09. The highest BCUT2D eigenvalue weighted by atomic mass is 16.5. The van der Waals surface area contributed by atoms with Crippen molar-refractivity contribution < 1.29 is 9.53 Å². The van der Waals surface area contributed by atoms with Gasteiger partial charge in [-0.3, -0.25) is 14.2 Å². The van der Waals surface area contributed by atoms with Crippen LogP contribution in [0.15, 0.2) is 42.7 Å². The maximum Gasteiger partial charge on any atom is 0.224 e. The molecule has 0 unspecified atom stereocenters. The van der Waals surface area contributed by atoms with Crippen molar-refractivity contribution in [1.82, 2.24) is 19.6 Å². The molecular weight excluding hydrogens is 342 g/mol. The van der Waals surface area contributed by atoms with E-state index in [-0.39, 0.29) is 5.91 Å². The summed E-state index contributed by atoms with van der Waals surface area (Å²) in [4.78, 5) is 12.3. The number of amides is 1. The molecule has 0 fully saturated rings. The van der Waals surface area contributed by atoms with Gasteiger partial charge in [-0.1, -0.05) is 6.07 Å². The Bertz CT molecular complexity index is 899. The van der Waals surface area contributed by atoms with Crippen LogP contribution >= 0.6 is 0 Å². The fourth-order valence-electron chi connectivity index (χ4n) is 2.99. The van der Waals surface area contributed by atoms with E-state index >= 15 is 0 Å². The van der Waals surface area contributed by atoms with Crippen LogP contribution in [0.1, 0.15) is 23.4 Å². The van der Waals surface area contributed by atoms with Crippen molar-refractivity contribution in [3.8, 4) is 5.75 Å². The first kappa shape index (κ1) is 18.7. The second-order valence-electron chi connectivity index (χ2n) is 6.47. The third kappa shape index (κ3) is 4.97. The van der Waals surface area contributed by atoms with Crippen LogP contribution < -0.4 is 10.1 Å². The van der Waals surface area contributed by atoms with Gasteiger partial charge in [-0.25, -0.2) is 0 Å². The minimum Gasteiger partial charge on any atom is -0.492 e. The summed E-state index contributed by atoms with van der Waals surface area (Å²) in [5.41, 5.74) is 3.96. The molecule has 0 spiro atoms. The predicted molar refractivity (Wildman–Crippen MR) is 104 cm³/mol. The number of anilines is 1. The quantitative estimate of drug-likeness (QED) is 0.664. The van der Waals surface area contributed by atoms with Crippen LogP contribution in [-0.2, 0) is 24.8 Å². The summed E-state index contributed by atoms with van der Waals surface area (Å²) in [5.74, 6) is 0.699. The number of carbonyl (C=O) groups is 1. The van der Waals surface area contributed by atoms with Crippen molar-refractivity contribution in [2.24, 2.45) is 7.05 Å².